The van der Waals surface area contributed by atoms with E-state index in [9.17, 15) is 0 Å². The molecule has 1 aliphatic rings. The van der Waals surface area contributed by atoms with Crippen LogP contribution in [0.3, 0.4) is 0 Å². The van der Waals surface area contributed by atoms with E-state index in [0.29, 0.717) is 0 Å². The number of hydrogen-bond acceptors (Lipinski definition) is 2. The third kappa shape index (κ3) is 4.62. The summed E-state index contributed by atoms with van der Waals surface area (Å²) in [6.45, 7) is 7.11. The molecule has 0 bridgehead atoms. The Morgan fingerprint density at radius 2 is 2.00 bits per heavy atom. The van der Waals surface area contributed by atoms with Gasteiger partial charge in [-0.05, 0) is 62.5 Å². The van der Waals surface area contributed by atoms with Crippen molar-refractivity contribution in [2.45, 2.75) is 26.2 Å². The molecule has 1 saturated heterocycles. The molecule has 0 aliphatic carbocycles. The van der Waals surface area contributed by atoms with Gasteiger partial charge < -0.3 is 10.2 Å². The summed E-state index contributed by atoms with van der Waals surface area (Å²) in [6, 6.07) is 8.40. The van der Waals surface area contributed by atoms with E-state index in [-0.39, 0.29) is 0 Å². The highest BCUT2D eigenvalue weighted by Gasteiger charge is 2.12. The molecule has 2 rings (SSSR count). The summed E-state index contributed by atoms with van der Waals surface area (Å²) < 4.78 is 1.13. The molecule has 1 fully saturated rings. The molecule has 0 aromatic heterocycles. The molecule has 100 valence electrons. The van der Waals surface area contributed by atoms with Crippen molar-refractivity contribution in [3.63, 3.8) is 0 Å². The minimum atomic E-state index is 0.912. The molecule has 18 heavy (non-hydrogen) atoms. The first-order valence-corrected chi connectivity index (χ1v) is 7.75. The number of rotatable bonds is 4. The Labute approximate surface area is 119 Å². The first-order valence-electron chi connectivity index (χ1n) is 6.96. The summed E-state index contributed by atoms with van der Waals surface area (Å²) in [4.78, 5) is 2.59. The molecule has 0 spiro atoms. The third-order valence-electron chi connectivity index (χ3n) is 3.71. The van der Waals surface area contributed by atoms with Gasteiger partial charge in [-0.15, -0.1) is 0 Å². The molecule has 0 radical (unpaired) electrons. The molecule has 1 N–H and O–H groups in total. The summed E-state index contributed by atoms with van der Waals surface area (Å²) in [5.41, 5.74) is 1.21. The van der Waals surface area contributed by atoms with Crippen molar-refractivity contribution in [2.75, 3.05) is 31.5 Å². The fourth-order valence-electron chi connectivity index (χ4n) is 2.47. The summed E-state index contributed by atoms with van der Waals surface area (Å²) in [5, 5.41) is 3.49. The van der Waals surface area contributed by atoms with Crippen LogP contribution < -0.4 is 5.32 Å². The van der Waals surface area contributed by atoms with Gasteiger partial charge in [-0.2, -0.15) is 0 Å². The van der Waals surface area contributed by atoms with Gasteiger partial charge in [0.2, 0.25) is 0 Å². The maximum Gasteiger partial charge on any atom is 0.0341 e. The fourth-order valence-corrected chi connectivity index (χ4v) is 2.74. The van der Waals surface area contributed by atoms with Crippen LogP contribution in [-0.2, 0) is 0 Å². The molecule has 1 unspecified atom stereocenters. The van der Waals surface area contributed by atoms with E-state index in [1.54, 1.807) is 0 Å². The normalized spacial score (nSPS) is 21.6. The molecular formula is C15H23BrN2. The van der Waals surface area contributed by atoms with E-state index in [4.69, 9.17) is 0 Å². The number of benzene rings is 1. The standard InChI is InChI=1S/C15H23BrN2/c1-13-3-2-10-18(11-8-13)12-9-17-15-6-4-14(16)5-7-15/h4-7,13,17H,2-3,8-12H2,1H3. The van der Waals surface area contributed by atoms with Crippen LogP contribution in [0.15, 0.2) is 28.7 Å². The Balaban J connectivity index is 1.70. The Bertz CT molecular complexity index is 350. The van der Waals surface area contributed by atoms with Gasteiger partial charge in [0.05, 0.1) is 0 Å². The lowest BCUT2D eigenvalue weighted by Gasteiger charge is -2.20. The second-order valence-corrected chi connectivity index (χ2v) is 6.23. The molecule has 1 heterocycles. The molecule has 0 saturated carbocycles. The average Bonchev–Trinajstić information content (AvgIpc) is 2.57. The van der Waals surface area contributed by atoms with Crippen molar-refractivity contribution < 1.29 is 0 Å². The smallest absolute Gasteiger partial charge is 0.0341 e. The van der Waals surface area contributed by atoms with Gasteiger partial charge in [0, 0.05) is 23.2 Å². The first kappa shape index (κ1) is 13.9. The first-order chi connectivity index (χ1) is 8.74. The van der Waals surface area contributed by atoms with Crippen molar-refractivity contribution >= 4 is 21.6 Å². The van der Waals surface area contributed by atoms with Crippen LogP contribution in [0.25, 0.3) is 0 Å². The fraction of sp³-hybridized carbons (Fsp3) is 0.600. The molecule has 1 aromatic rings. The van der Waals surface area contributed by atoms with Crippen LogP contribution in [-0.4, -0.2) is 31.1 Å². The Morgan fingerprint density at radius 3 is 2.78 bits per heavy atom. The Hall–Kier alpha value is -0.540. The molecule has 0 amide bonds. The van der Waals surface area contributed by atoms with Gasteiger partial charge in [-0.25, -0.2) is 0 Å². The van der Waals surface area contributed by atoms with E-state index in [1.165, 1.54) is 38.0 Å². The maximum absolute atomic E-state index is 3.49. The van der Waals surface area contributed by atoms with Gasteiger partial charge >= 0.3 is 0 Å². The van der Waals surface area contributed by atoms with Crippen LogP contribution in [0, 0.1) is 5.92 Å². The Morgan fingerprint density at radius 1 is 1.22 bits per heavy atom. The zero-order chi connectivity index (χ0) is 12.8. The van der Waals surface area contributed by atoms with E-state index in [0.717, 1.165) is 23.5 Å². The second kappa shape index (κ2) is 7.15. The van der Waals surface area contributed by atoms with Crippen molar-refractivity contribution in [1.29, 1.82) is 0 Å². The predicted octanol–water partition coefficient (Wildman–Crippen LogP) is 3.98. The highest BCUT2D eigenvalue weighted by atomic mass is 79.9. The molecule has 1 atom stereocenters. The lowest BCUT2D eigenvalue weighted by molar-refractivity contribution is 0.292. The summed E-state index contributed by atoms with van der Waals surface area (Å²) in [6.07, 6.45) is 4.12. The number of nitrogens with zero attached hydrogens (tertiary/aromatic N) is 1. The number of likely N-dealkylation sites (tertiary alicyclic amines) is 1. The van der Waals surface area contributed by atoms with E-state index >= 15 is 0 Å². The van der Waals surface area contributed by atoms with Gasteiger partial charge in [0.1, 0.15) is 0 Å². The highest BCUT2D eigenvalue weighted by Crippen LogP contribution is 2.16. The highest BCUT2D eigenvalue weighted by molar-refractivity contribution is 9.10. The summed E-state index contributed by atoms with van der Waals surface area (Å²) in [7, 11) is 0. The third-order valence-corrected chi connectivity index (χ3v) is 4.24. The minimum Gasteiger partial charge on any atom is -0.384 e. The maximum atomic E-state index is 3.49. The van der Waals surface area contributed by atoms with E-state index in [2.05, 4.69) is 57.3 Å². The monoisotopic (exact) mass is 310 g/mol. The number of anilines is 1. The topological polar surface area (TPSA) is 15.3 Å². The van der Waals surface area contributed by atoms with Crippen molar-refractivity contribution in [2.24, 2.45) is 5.92 Å². The second-order valence-electron chi connectivity index (χ2n) is 5.31. The summed E-state index contributed by atoms with van der Waals surface area (Å²) >= 11 is 3.45. The van der Waals surface area contributed by atoms with Crippen molar-refractivity contribution in [3.8, 4) is 0 Å². The van der Waals surface area contributed by atoms with E-state index in [1.807, 2.05) is 0 Å². The van der Waals surface area contributed by atoms with Crippen molar-refractivity contribution in [3.05, 3.63) is 28.7 Å². The van der Waals surface area contributed by atoms with Gasteiger partial charge in [-0.3, -0.25) is 0 Å². The zero-order valence-corrected chi connectivity index (χ0v) is 12.7. The number of halogens is 1. The predicted molar refractivity (Wildman–Crippen MR) is 82.1 cm³/mol. The number of hydrogen-bond donors (Lipinski definition) is 1. The van der Waals surface area contributed by atoms with Crippen molar-refractivity contribution in [1.82, 2.24) is 4.90 Å². The van der Waals surface area contributed by atoms with Crippen LogP contribution in [0.1, 0.15) is 26.2 Å². The molecule has 1 aromatic carbocycles. The summed E-state index contributed by atoms with van der Waals surface area (Å²) in [5.74, 6) is 0.912. The van der Waals surface area contributed by atoms with Gasteiger partial charge in [-0.1, -0.05) is 22.9 Å². The van der Waals surface area contributed by atoms with Crippen LogP contribution in [0.5, 0.6) is 0 Å². The lowest BCUT2D eigenvalue weighted by Crippen LogP contribution is -2.30. The largest absolute Gasteiger partial charge is 0.384 e. The molecule has 2 nitrogen and oxygen atoms in total. The molecule has 3 heteroatoms. The van der Waals surface area contributed by atoms with Gasteiger partial charge in [0.15, 0.2) is 0 Å². The Kier molecular flexibility index (Phi) is 5.51. The molecular weight excluding hydrogens is 288 g/mol. The lowest BCUT2D eigenvalue weighted by atomic mass is 10.0. The van der Waals surface area contributed by atoms with Crippen LogP contribution in [0.2, 0.25) is 0 Å². The quantitative estimate of drug-likeness (QED) is 0.905. The number of nitrogens with one attached hydrogen (secondary N) is 1. The molecule has 1 aliphatic heterocycles. The van der Waals surface area contributed by atoms with Gasteiger partial charge in [0.25, 0.3) is 0 Å². The van der Waals surface area contributed by atoms with Crippen LogP contribution in [0.4, 0.5) is 5.69 Å². The van der Waals surface area contributed by atoms with Crippen LogP contribution >= 0.6 is 15.9 Å². The van der Waals surface area contributed by atoms with E-state index < -0.39 is 0 Å². The average molecular weight is 311 g/mol. The zero-order valence-electron chi connectivity index (χ0n) is 11.2. The SMILES string of the molecule is CC1CCCN(CCNc2ccc(Br)cc2)CC1. The minimum absolute atomic E-state index is 0.912.